The third-order valence-electron chi connectivity index (χ3n) is 4.78. The lowest BCUT2D eigenvalue weighted by atomic mass is 10.1. The molecule has 0 unspecified atom stereocenters. The Morgan fingerprint density at radius 1 is 1.29 bits per heavy atom. The summed E-state index contributed by atoms with van der Waals surface area (Å²) in [5, 5.41) is 4.19. The molecule has 7 heteroatoms. The number of pyridine rings is 1. The van der Waals surface area contributed by atoms with Gasteiger partial charge in [-0.2, -0.15) is 9.40 Å². The molecule has 0 N–H and O–H groups in total. The maximum Gasteiger partial charge on any atom is 0.246 e. The normalized spacial score (nSPS) is 19.0. The number of aryl methyl sites for hydroxylation is 2. The molecule has 3 rings (SSSR count). The first-order valence-electron chi connectivity index (χ1n) is 8.47. The van der Waals surface area contributed by atoms with Gasteiger partial charge in [0.1, 0.15) is 4.90 Å². The van der Waals surface area contributed by atoms with Crippen LogP contribution in [-0.2, 0) is 23.0 Å². The van der Waals surface area contributed by atoms with Gasteiger partial charge in [-0.05, 0) is 57.2 Å². The maximum absolute atomic E-state index is 13.1. The summed E-state index contributed by atoms with van der Waals surface area (Å²) >= 11 is 0. The Morgan fingerprint density at radius 3 is 2.71 bits per heavy atom. The minimum atomic E-state index is -3.47. The number of nitrogens with zero attached hydrogens (tertiary/aromatic N) is 4. The Morgan fingerprint density at radius 2 is 2.04 bits per heavy atom. The summed E-state index contributed by atoms with van der Waals surface area (Å²) in [5.74, 6) is 0. The molecule has 3 heterocycles. The molecule has 1 aliphatic rings. The zero-order chi connectivity index (χ0) is 17.2. The third-order valence-corrected chi connectivity index (χ3v) is 6.84. The van der Waals surface area contributed by atoms with Gasteiger partial charge in [0.05, 0.1) is 11.9 Å². The van der Waals surface area contributed by atoms with Crippen LogP contribution in [0.4, 0.5) is 0 Å². The molecule has 0 saturated carbocycles. The monoisotopic (exact) mass is 348 g/mol. The summed E-state index contributed by atoms with van der Waals surface area (Å²) in [6.07, 6.45) is 8.59. The highest BCUT2D eigenvalue weighted by atomic mass is 32.2. The first-order valence-corrected chi connectivity index (χ1v) is 9.91. The van der Waals surface area contributed by atoms with Gasteiger partial charge in [0.25, 0.3) is 0 Å². The lowest BCUT2D eigenvalue weighted by Crippen LogP contribution is -2.36. The smallest absolute Gasteiger partial charge is 0.246 e. The fraction of sp³-hybridized carbons (Fsp3) is 0.529. The molecule has 0 radical (unpaired) electrons. The summed E-state index contributed by atoms with van der Waals surface area (Å²) in [6.45, 7) is 5.06. The van der Waals surface area contributed by atoms with Gasteiger partial charge in [-0.25, -0.2) is 8.42 Å². The molecule has 0 amide bonds. The average Bonchev–Trinajstić information content (AvgIpc) is 3.20. The second kappa shape index (κ2) is 7.03. The van der Waals surface area contributed by atoms with Gasteiger partial charge < -0.3 is 0 Å². The van der Waals surface area contributed by atoms with Crippen LogP contribution in [0.1, 0.15) is 37.4 Å². The van der Waals surface area contributed by atoms with Crippen molar-refractivity contribution in [3.05, 3.63) is 42.0 Å². The molecule has 0 aliphatic carbocycles. The third kappa shape index (κ3) is 3.23. The van der Waals surface area contributed by atoms with Gasteiger partial charge >= 0.3 is 0 Å². The van der Waals surface area contributed by atoms with E-state index in [4.69, 9.17) is 0 Å². The Labute approximate surface area is 143 Å². The molecular weight excluding hydrogens is 324 g/mol. The number of rotatable bonds is 6. The van der Waals surface area contributed by atoms with Crippen LogP contribution in [0.3, 0.4) is 0 Å². The quantitative estimate of drug-likeness (QED) is 0.804. The first kappa shape index (κ1) is 17.1. The molecule has 2 aromatic heterocycles. The minimum absolute atomic E-state index is 0.0625. The first-order chi connectivity index (χ1) is 11.5. The van der Waals surface area contributed by atoms with E-state index in [1.165, 1.54) is 11.8 Å². The van der Waals surface area contributed by atoms with Gasteiger partial charge in [-0.15, -0.1) is 0 Å². The van der Waals surface area contributed by atoms with E-state index in [0.717, 1.165) is 31.4 Å². The van der Waals surface area contributed by atoms with E-state index in [9.17, 15) is 8.42 Å². The van der Waals surface area contributed by atoms with Crippen molar-refractivity contribution in [1.29, 1.82) is 0 Å². The Balaban J connectivity index is 1.77. The summed E-state index contributed by atoms with van der Waals surface area (Å²) in [4.78, 5) is 4.37. The fourth-order valence-electron chi connectivity index (χ4n) is 3.42. The Bertz CT molecular complexity index is 786. The van der Waals surface area contributed by atoms with Crippen molar-refractivity contribution in [3.63, 3.8) is 0 Å². The number of sulfonamides is 1. The van der Waals surface area contributed by atoms with Gasteiger partial charge in [-0.1, -0.05) is 0 Å². The highest BCUT2D eigenvalue weighted by Crippen LogP contribution is 2.30. The van der Waals surface area contributed by atoms with Crippen molar-refractivity contribution in [3.8, 4) is 0 Å². The molecule has 1 atom stereocenters. The van der Waals surface area contributed by atoms with Crippen molar-refractivity contribution in [2.24, 2.45) is 0 Å². The largest absolute Gasteiger partial charge is 0.269 e. The number of hydrogen-bond acceptors (Lipinski definition) is 4. The van der Waals surface area contributed by atoms with Crippen LogP contribution in [0, 0.1) is 6.92 Å². The van der Waals surface area contributed by atoms with Crippen molar-refractivity contribution < 1.29 is 8.42 Å². The molecule has 130 valence electrons. The zero-order valence-corrected chi connectivity index (χ0v) is 15.0. The van der Waals surface area contributed by atoms with Gasteiger partial charge in [0.2, 0.25) is 10.0 Å². The van der Waals surface area contributed by atoms with E-state index >= 15 is 0 Å². The van der Waals surface area contributed by atoms with E-state index in [1.807, 2.05) is 26.0 Å². The fourth-order valence-corrected chi connectivity index (χ4v) is 5.31. The van der Waals surface area contributed by atoms with E-state index in [2.05, 4.69) is 10.1 Å². The van der Waals surface area contributed by atoms with Crippen LogP contribution in [0.15, 0.2) is 35.6 Å². The molecule has 0 bridgehead atoms. The zero-order valence-electron chi connectivity index (χ0n) is 14.2. The Kier molecular flexibility index (Phi) is 5.01. The maximum atomic E-state index is 13.1. The number of hydrogen-bond donors (Lipinski definition) is 0. The lowest BCUT2D eigenvalue weighted by Gasteiger charge is -2.24. The van der Waals surface area contributed by atoms with Crippen LogP contribution < -0.4 is 0 Å². The van der Waals surface area contributed by atoms with Crippen molar-refractivity contribution in [2.45, 2.75) is 57.0 Å². The van der Waals surface area contributed by atoms with Crippen molar-refractivity contribution in [1.82, 2.24) is 19.1 Å². The molecule has 1 saturated heterocycles. The molecular formula is C17H24N4O2S. The summed E-state index contributed by atoms with van der Waals surface area (Å²) < 4.78 is 29.5. The number of aromatic nitrogens is 3. The van der Waals surface area contributed by atoms with Crippen molar-refractivity contribution >= 4 is 10.0 Å². The van der Waals surface area contributed by atoms with E-state index in [0.29, 0.717) is 18.0 Å². The molecule has 24 heavy (non-hydrogen) atoms. The van der Waals surface area contributed by atoms with Crippen molar-refractivity contribution in [2.75, 3.05) is 6.54 Å². The SMILES string of the molecule is CCn1ncc(S(=O)(=O)N2CCC[C@@H]2CCc2ccncc2)c1C. The predicted molar refractivity (Wildman–Crippen MR) is 92.1 cm³/mol. The molecule has 6 nitrogen and oxygen atoms in total. The second-order valence-electron chi connectivity index (χ2n) is 6.22. The summed E-state index contributed by atoms with van der Waals surface area (Å²) in [7, 11) is -3.47. The summed E-state index contributed by atoms with van der Waals surface area (Å²) in [5.41, 5.74) is 1.92. The topological polar surface area (TPSA) is 68.1 Å². The van der Waals surface area contributed by atoms with Crippen LogP contribution in [0.25, 0.3) is 0 Å². The van der Waals surface area contributed by atoms with E-state index in [1.54, 1.807) is 21.4 Å². The van der Waals surface area contributed by atoms with Crippen LogP contribution in [0.5, 0.6) is 0 Å². The molecule has 1 aliphatic heterocycles. The van der Waals surface area contributed by atoms with Gasteiger partial charge in [0, 0.05) is 31.5 Å². The molecule has 0 aromatic carbocycles. The second-order valence-corrected chi connectivity index (χ2v) is 8.07. The van der Waals surface area contributed by atoms with Crippen LogP contribution in [-0.4, -0.2) is 40.1 Å². The highest BCUT2D eigenvalue weighted by Gasteiger charge is 2.36. The molecule has 2 aromatic rings. The van der Waals surface area contributed by atoms with E-state index < -0.39 is 10.0 Å². The van der Waals surface area contributed by atoms with Gasteiger partial charge in [-0.3, -0.25) is 9.67 Å². The highest BCUT2D eigenvalue weighted by molar-refractivity contribution is 7.89. The summed E-state index contributed by atoms with van der Waals surface area (Å²) in [6, 6.07) is 4.04. The lowest BCUT2D eigenvalue weighted by molar-refractivity contribution is 0.370. The van der Waals surface area contributed by atoms with Crippen LogP contribution in [0.2, 0.25) is 0 Å². The van der Waals surface area contributed by atoms with E-state index in [-0.39, 0.29) is 6.04 Å². The van der Waals surface area contributed by atoms with Gasteiger partial charge in [0.15, 0.2) is 0 Å². The minimum Gasteiger partial charge on any atom is -0.269 e. The Hall–Kier alpha value is -1.73. The van der Waals surface area contributed by atoms with Crippen LogP contribution >= 0.6 is 0 Å². The molecule has 0 spiro atoms. The standard InChI is InChI=1S/C17H24N4O2S/c1-3-20-14(2)17(13-19-20)24(22,23)21-12-4-5-16(21)7-6-15-8-10-18-11-9-15/h8-11,13,16H,3-7,12H2,1-2H3/t16-/m1/s1. The predicted octanol–water partition coefficient (Wildman–Crippen LogP) is 2.39. The average molecular weight is 348 g/mol. The molecule has 1 fully saturated rings.